The van der Waals surface area contributed by atoms with Crippen molar-refractivity contribution in [2.75, 3.05) is 5.73 Å². The first-order valence-electron chi connectivity index (χ1n) is 4.71. The maximum Gasteiger partial charge on any atom is 0.373 e. The number of hydrogen-bond donors (Lipinski definition) is 1. The molecule has 1 aromatic heterocycles. The predicted octanol–water partition coefficient (Wildman–Crippen LogP) is 0.958. The first-order chi connectivity index (χ1) is 8.60. The van der Waals surface area contributed by atoms with Crippen LogP contribution in [0.3, 0.4) is 0 Å². The van der Waals surface area contributed by atoms with Gasteiger partial charge in [-0.05, 0) is 19.1 Å². The summed E-state index contributed by atoms with van der Waals surface area (Å²) in [7, 11) is 0. The van der Waals surface area contributed by atoms with E-state index in [1.54, 1.807) is 0 Å². The summed E-state index contributed by atoms with van der Waals surface area (Å²) in [5.74, 6) is 0. The molecule has 0 aliphatic rings. The van der Waals surface area contributed by atoms with Crippen LogP contribution >= 0.6 is 0 Å². The molecule has 18 heavy (non-hydrogen) atoms. The van der Waals surface area contributed by atoms with Crippen molar-refractivity contribution in [2.45, 2.75) is 6.92 Å². The number of nitrogens with two attached hydrogens (primary N) is 1. The summed E-state index contributed by atoms with van der Waals surface area (Å²) in [4.78, 5) is 36.9. The van der Waals surface area contributed by atoms with E-state index in [2.05, 4.69) is 4.98 Å². The minimum Gasteiger partial charge on any atom is -0.398 e. The van der Waals surface area contributed by atoms with Gasteiger partial charge in [0.25, 0.3) is 0 Å². The summed E-state index contributed by atoms with van der Waals surface area (Å²) >= 11 is 0. The van der Waals surface area contributed by atoms with Crippen LogP contribution in [0.5, 0.6) is 0 Å². The Morgan fingerprint density at radius 2 is 1.56 bits per heavy atom. The summed E-state index contributed by atoms with van der Waals surface area (Å²) in [5, 5.41) is 1.03. The van der Waals surface area contributed by atoms with Crippen LogP contribution in [0.25, 0.3) is 10.9 Å². The third-order valence-corrected chi connectivity index (χ3v) is 1.88. The summed E-state index contributed by atoms with van der Waals surface area (Å²) in [6.45, 7) is 1.95. The zero-order valence-corrected chi connectivity index (χ0v) is 9.54. The smallest absolute Gasteiger partial charge is 0.373 e. The number of nitrogens with zero attached hydrogens (tertiary/aromatic N) is 1. The topological polar surface area (TPSA) is 107 Å². The molecular formula is C12H10N2O4. The molecule has 0 amide bonds. The second kappa shape index (κ2) is 8.35. The summed E-state index contributed by atoms with van der Waals surface area (Å²) in [6.07, 6.45) is 0.500. The lowest BCUT2D eigenvalue weighted by Gasteiger charge is -2.01. The van der Waals surface area contributed by atoms with E-state index in [0.717, 1.165) is 22.3 Å². The maximum absolute atomic E-state index is 8.12. The molecule has 6 nitrogen and oxygen atoms in total. The highest BCUT2D eigenvalue weighted by Gasteiger charge is 1.97. The van der Waals surface area contributed by atoms with Gasteiger partial charge in [-0.2, -0.15) is 19.2 Å². The molecule has 0 unspecified atom stereocenters. The van der Waals surface area contributed by atoms with Gasteiger partial charge in [0.1, 0.15) is 0 Å². The van der Waals surface area contributed by atoms with Gasteiger partial charge < -0.3 is 5.73 Å². The number of aryl methyl sites for hydroxylation is 1. The normalized spacial score (nSPS) is 7.83. The van der Waals surface area contributed by atoms with Gasteiger partial charge in [-0.3, -0.25) is 4.98 Å². The minimum atomic E-state index is 0.250. The standard InChI is InChI=1S/C10H10N2.2CO2/c1-7-6-9(11)8-4-2-3-5-10(8)12-7;2*2-1-3/h2-6H,1H3,(H2,11,12);;. The first-order valence-corrected chi connectivity index (χ1v) is 4.71. The molecule has 0 aliphatic heterocycles. The second-order valence-electron chi connectivity index (χ2n) is 3.04. The SMILES string of the molecule is Cc1cc(N)c2ccccc2n1.O=C=O.O=C=O. The molecule has 1 aromatic carbocycles. The summed E-state index contributed by atoms with van der Waals surface area (Å²) in [6, 6.07) is 9.78. The number of nitrogen functional groups attached to an aromatic ring is 1. The number of pyridine rings is 1. The van der Waals surface area contributed by atoms with E-state index < -0.39 is 0 Å². The highest BCUT2D eigenvalue weighted by molar-refractivity contribution is 5.90. The largest absolute Gasteiger partial charge is 0.398 e. The molecule has 6 heteroatoms. The molecule has 0 atom stereocenters. The average Bonchev–Trinajstić information content (AvgIpc) is 2.31. The Balaban J connectivity index is 0.000000414. The first kappa shape index (κ1) is 15.2. The molecule has 0 saturated carbocycles. The number of para-hydroxylation sites is 1. The molecule has 2 aromatic rings. The zero-order chi connectivity index (χ0) is 14.0. The van der Waals surface area contributed by atoms with Crippen LogP contribution in [-0.2, 0) is 19.2 Å². The van der Waals surface area contributed by atoms with E-state index in [-0.39, 0.29) is 12.3 Å². The van der Waals surface area contributed by atoms with Crippen LogP contribution in [0.2, 0.25) is 0 Å². The van der Waals surface area contributed by atoms with Gasteiger partial charge >= 0.3 is 12.3 Å². The number of hydrogen-bond acceptors (Lipinski definition) is 6. The third-order valence-electron chi connectivity index (χ3n) is 1.88. The van der Waals surface area contributed by atoms with Crippen LogP contribution < -0.4 is 5.73 Å². The van der Waals surface area contributed by atoms with Crippen LogP contribution in [0.15, 0.2) is 30.3 Å². The number of aromatic nitrogens is 1. The van der Waals surface area contributed by atoms with Crippen LogP contribution in [0.4, 0.5) is 5.69 Å². The molecule has 0 saturated heterocycles. The molecule has 0 bridgehead atoms. The van der Waals surface area contributed by atoms with Crippen molar-refractivity contribution in [3.63, 3.8) is 0 Å². The van der Waals surface area contributed by atoms with Crippen LogP contribution in [-0.4, -0.2) is 17.3 Å². The van der Waals surface area contributed by atoms with Gasteiger partial charge in [0.05, 0.1) is 5.52 Å². The van der Waals surface area contributed by atoms with Gasteiger partial charge in [0.15, 0.2) is 0 Å². The molecule has 92 valence electrons. The quantitative estimate of drug-likeness (QED) is 0.741. The Morgan fingerprint density at radius 1 is 1.06 bits per heavy atom. The van der Waals surface area contributed by atoms with E-state index >= 15 is 0 Å². The number of benzene rings is 1. The highest BCUT2D eigenvalue weighted by atomic mass is 16.2. The van der Waals surface area contributed by atoms with E-state index in [9.17, 15) is 0 Å². The lowest BCUT2D eigenvalue weighted by Crippen LogP contribution is -1.91. The zero-order valence-electron chi connectivity index (χ0n) is 9.54. The van der Waals surface area contributed by atoms with Gasteiger partial charge in [-0.15, -0.1) is 0 Å². The monoisotopic (exact) mass is 246 g/mol. The average molecular weight is 246 g/mol. The third kappa shape index (κ3) is 4.81. The van der Waals surface area contributed by atoms with E-state index in [0.29, 0.717) is 0 Å². The van der Waals surface area contributed by atoms with Crippen molar-refractivity contribution < 1.29 is 19.2 Å². The van der Waals surface area contributed by atoms with Crippen molar-refractivity contribution in [2.24, 2.45) is 0 Å². The number of fused-ring (bicyclic) bond motifs is 1. The number of anilines is 1. The Hall–Kier alpha value is -2.81. The van der Waals surface area contributed by atoms with E-state index in [4.69, 9.17) is 24.9 Å². The van der Waals surface area contributed by atoms with E-state index in [1.165, 1.54) is 0 Å². The Bertz CT molecular complexity index is 572. The summed E-state index contributed by atoms with van der Waals surface area (Å²) in [5.41, 5.74) is 8.55. The minimum absolute atomic E-state index is 0.250. The lowest BCUT2D eigenvalue weighted by atomic mass is 10.2. The van der Waals surface area contributed by atoms with E-state index in [1.807, 2.05) is 37.3 Å². The highest BCUT2D eigenvalue weighted by Crippen LogP contribution is 2.19. The lowest BCUT2D eigenvalue weighted by molar-refractivity contribution is -0.193. The van der Waals surface area contributed by atoms with Gasteiger partial charge in [0, 0.05) is 16.8 Å². The number of carbonyl (C=O) groups excluding carboxylic acids is 4. The van der Waals surface area contributed by atoms with Gasteiger partial charge in [-0.25, -0.2) is 0 Å². The van der Waals surface area contributed by atoms with Crippen molar-refractivity contribution in [3.8, 4) is 0 Å². The summed E-state index contributed by atoms with van der Waals surface area (Å²) < 4.78 is 0. The fraction of sp³-hybridized carbons (Fsp3) is 0.0833. The van der Waals surface area contributed by atoms with Crippen molar-refractivity contribution in [1.82, 2.24) is 4.98 Å². The second-order valence-corrected chi connectivity index (χ2v) is 3.04. The fourth-order valence-corrected chi connectivity index (χ4v) is 1.34. The molecule has 0 aliphatic carbocycles. The Morgan fingerprint density at radius 3 is 2.11 bits per heavy atom. The molecule has 0 fully saturated rings. The molecular weight excluding hydrogens is 236 g/mol. The van der Waals surface area contributed by atoms with Crippen LogP contribution in [0.1, 0.15) is 5.69 Å². The molecule has 0 radical (unpaired) electrons. The van der Waals surface area contributed by atoms with Gasteiger partial charge in [0.2, 0.25) is 0 Å². The molecule has 2 rings (SSSR count). The molecule has 2 N–H and O–H groups in total. The number of rotatable bonds is 0. The van der Waals surface area contributed by atoms with Crippen molar-refractivity contribution >= 4 is 28.9 Å². The maximum atomic E-state index is 8.12. The molecule has 1 heterocycles. The predicted molar refractivity (Wildman–Crippen MR) is 60.9 cm³/mol. The van der Waals surface area contributed by atoms with Crippen molar-refractivity contribution in [1.29, 1.82) is 0 Å². The fourth-order valence-electron chi connectivity index (χ4n) is 1.34. The van der Waals surface area contributed by atoms with Crippen LogP contribution in [0, 0.1) is 6.92 Å². The molecule has 0 spiro atoms. The Kier molecular flexibility index (Phi) is 7.05. The van der Waals surface area contributed by atoms with Gasteiger partial charge in [-0.1, -0.05) is 18.2 Å². The van der Waals surface area contributed by atoms with Crippen molar-refractivity contribution in [3.05, 3.63) is 36.0 Å². The Labute approximate surface area is 102 Å².